The molecule has 3 aromatic rings. The quantitative estimate of drug-likeness (QED) is 0.533. The van der Waals surface area contributed by atoms with Gasteiger partial charge >= 0.3 is 11.6 Å². The van der Waals surface area contributed by atoms with Gasteiger partial charge in [-0.15, -0.1) is 0 Å². The second-order valence-corrected chi connectivity index (χ2v) is 7.00. The van der Waals surface area contributed by atoms with E-state index in [1.165, 1.54) is 14.2 Å². The normalized spacial score (nSPS) is 11.7. The van der Waals surface area contributed by atoms with E-state index in [1.54, 1.807) is 43.3 Å². The van der Waals surface area contributed by atoms with Gasteiger partial charge in [0.1, 0.15) is 6.04 Å². The topological polar surface area (TPSA) is 115 Å². The van der Waals surface area contributed by atoms with Crippen LogP contribution in [0.5, 0.6) is 11.5 Å². The number of methoxy groups -OCH3 is 2. The summed E-state index contributed by atoms with van der Waals surface area (Å²) in [5.74, 6) is -1.05. The van der Waals surface area contributed by atoms with E-state index in [9.17, 15) is 19.5 Å². The molecule has 1 amide bonds. The highest BCUT2D eigenvalue weighted by Gasteiger charge is 2.23. The number of rotatable bonds is 8. The number of carboxylic acids is 1. The lowest BCUT2D eigenvalue weighted by molar-refractivity contribution is -0.141. The molecular weight excluding hydrogens is 402 g/mol. The van der Waals surface area contributed by atoms with E-state index >= 15 is 0 Å². The maximum absolute atomic E-state index is 12.6. The molecule has 8 nitrogen and oxygen atoms in total. The van der Waals surface area contributed by atoms with Gasteiger partial charge in [0.25, 0.3) is 0 Å². The number of carboxylic acid groups (broad SMARTS) is 1. The zero-order valence-electron chi connectivity index (χ0n) is 17.4. The van der Waals surface area contributed by atoms with Crippen molar-refractivity contribution >= 4 is 22.8 Å². The zero-order chi connectivity index (χ0) is 22.5. The summed E-state index contributed by atoms with van der Waals surface area (Å²) in [6.07, 6.45) is -0.179. The lowest BCUT2D eigenvalue weighted by Crippen LogP contribution is -2.43. The van der Waals surface area contributed by atoms with Gasteiger partial charge in [-0.25, -0.2) is 9.59 Å². The molecule has 2 N–H and O–H groups in total. The Labute approximate surface area is 178 Å². The van der Waals surface area contributed by atoms with E-state index < -0.39 is 23.5 Å². The number of aliphatic carboxylic acids is 1. The summed E-state index contributed by atoms with van der Waals surface area (Å²) >= 11 is 0. The van der Waals surface area contributed by atoms with Crippen molar-refractivity contribution in [3.63, 3.8) is 0 Å². The zero-order valence-corrected chi connectivity index (χ0v) is 17.4. The first-order chi connectivity index (χ1) is 14.8. The van der Waals surface area contributed by atoms with Gasteiger partial charge in [-0.3, -0.25) is 4.79 Å². The largest absolute Gasteiger partial charge is 0.493 e. The van der Waals surface area contributed by atoms with Crippen molar-refractivity contribution in [3.05, 3.63) is 69.6 Å². The third kappa shape index (κ3) is 4.69. The van der Waals surface area contributed by atoms with Crippen LogP contribution in [0.25, 0.3) is 11.0 Å². The number of benzene rings is 2. The molecule has 8 heteroatoms. The second-order valence-electron chi connectivity index (χ2n) is 7.00. The number of aryl methyl sites for hydroxylation is 1. The van der Waals surface area contributed by atoms with Gasteiger partial charge in [-0.05, 0) is 30.2 Å². The van der Waals surface area contributed by atoms with Crippen molar-refractivity contribution in [1.29, 1.82) is 0 Å². The predicted octanol–water partition coefficient (Wildman–Crippen LogP) is 2.47. The van der Waals surface area contributed by atoms with Crippen LogP contribution in [0.15, 0.2) is 51.7 Å². The Kier molecular flexibility index (Phi) is 6.59. The fourth-order valence-corrected chi connectivity index (χ4v) is 3.43. The van der Waals surface area contributed by atoms with E-state index in [2.05, 4.69) is 5.32 Å². The number of carbonyl (C=O) groups excluding carboxylic acids is 1. The third-order valence-corrected chi connectivity index (χ3v) is 5.05. The number of amides is 1. The Morgan fingerprint density at radius 2 is 1.81 bits per heavy atom. The van der Waals surface area contributed by atoms with Crippen LogP contribution < -0.4 is 20.4 Å². The Morgan fingerprint density at radius 1 is 1.10 bits per heavy atom. The summed E-state index contributed by atoms with van der Waals surface area (Å²) in [4.78, 5) is 36.8. The van der Waals surface area contributed by atoms with Crippen LogP contribution in [0.2, 0.25) is 0 Å². The number of fused-ring (bicyclic) bond motifs is 1. The summed E-state index contributed by atoms with van der Waals surface area (Å²) in [5.41, 5.74) is 1.01. The van der Waals surface area contributed by atoms with Crippen molar-refractivity contribution in [1.82, 2.24) is 5.32 Å². The smallest absolute Gasteiger partial charge is 0.340 e. The van der Waals surface area contributed by atoms with Crippen molar-refractivity contribution in [2.45, 2.75) is 25.8 Å². The molecule has 0 unspecified atom stereocenters. The van der Waals surface area contributed by atoms with E-state index in [0.29, 0.717) is 16.7 Å². The van der Waals surface area contributed by atoms with Crippen LogP contribution in [0.1, 0.15) is 16.7 Å². The first kappa shape index (κ1) is 21.9. The summed E-state index contributed by atoms with van der Waals surface area (Å²) < 4.78 is 16.0. The van der Waals surface area contributed by atoms with Crippen LogP contribution >= 0.6 is 0 Å². The minimum Gasteiger partial charge on any atom is -0.493 e. The van der Waals surface area contributed by atoms with E-state index in [1.807, 2.05) is 6.07 Å². The van der Waals surface area contributed by atoms with Crippen LogP contribution in [-0.4, -0.2) is 37.2 Å². The summed E-state index contributed by atoms with van der Waals surface area (Å²) in [6.45, 7) is 1.70. The number of carbonyl (C=O) groups is 2. The third-order valence-electron chi connectivity index (χ3n) is 5.05. The van der Waals surface area contributed by atoms with Crippen molar-refractivity contribution in [2.24, 2.45) is 0 Å². The molecule has 1 atom stereocenters. The van der Waals surface area contributed by atoms with Crippen LogP contribution in [-0.2, 0) is 22.4 Å². The SMILES string of the molecule is COc1ccc2c(C)c(CC(=O)N[C@@H](Cc3ccccc3)C(=O)O)c(=O)oc2c1OC. The standard InChI is InChI=1S/C23H23NO7/c1-13-15-9-10-18(29-2)21(30-3)20(15)31-23(28)16(13)12-19(25)24-17(22(26)27)11-14-7-5-4-6-8-14/h4-10,17H,11-12H2,1-3H3,(H,24,25)(H,26,27)/t17-/m0/s1. The highest BCUT2D eigenvalue weighted by Crippen LogP contribution is 2.36. The molecule has 0 aliphatic carbocycles. The molecule has 2 aromatic carbocycles. The van der Waals surface area contributed by atoms with E-state index in [0.717, 1.165) is 5.56 Å². The highest BCUT2D eigenvalue weighted by atomic mass is 16.5. The molecule has 0 aliphatic heterocycles. The first-order valence-electron chi connectivity index (χ1n) is 9.59. The van der Waals surface area contributed by atoms with Gasteiger partial charge in [0.15, 0.2) is 11.3 Å². The van der Waals surface area contributed by atoms with Crippen LogP contribution in [0, 0.1) is 6.92 Å². The number of hydrogen-bond acceptors (Lipinski definition) is 6. The molecule has 0 spiro atoms. The monoisotopic (exact) mass is 425 g/mol. The molecule has 3 rings (SSSR count). The van der Waals surface area contributed by atoms with Crippen LogP contribution in [0.3, 0.4) is 0 Å². The molecule has 0 radical (unpaired) electrons. The van der Waals surface area contributed by atoms with Crippen molar-refractivity contribution in [3.8, 4) is 11.5 Å². The maximum atomic E-state index is 12.6. The first-order valence-corrected chi connectivity index (χ1v) is 9.59. The average Bonchev–Trinajstić information content (AvgIpc) is 2.76. The van der Waals surface area contributed by atoms with Gasteiger partial charge in [0.05, 0.1) is 26.2 Å². The predicted molar refractivity (Wildman–Crippen MR) is 114 cm³/mol. The average molecular weight is 425 g/mol. The van der Waals surface area contributed by atoms with Crippen molar-refractivity contribution in [2.75, 3.05) is 14.2 Å². The lowest BCUT2D eigenvalue weighted by atomic mass is 10.0. The molecule has 0 aliphatic rings. The highest BCUT2D eigenvalue weighted by molar-refractivity contribution is 5.90. The molecule has 31 heavy (non-hydrogen) atoms. The summed E-state index contributed by atoms with van der Waals surface area (Å²) in [6, 6.07) is 11.3. The number of hydrogen-bond donors (Lipinski definition) is 2. The molecule has 1 aromatic heterocycles. The Hall–Kier alpha value is -3.81. The van der Waals surface area contributed by atoms with Gasteiger partial charge in [-0.2, -0.15) is 0 Å². The molecule has 162 valence electrons. The molecule has 0 fully saturated rings. The molecule has 0 saturated heterocycles. The van der Waals surface area contributed by atoms with Gasteiger partial charge in [0, 0.05) is 11.8 Å². The second kappa shape index (κ2) is 9.34. The molecule has 1 heterocycles. The lowest BCUT2D eigenvalue weighted by Gasteiger charge is -2.16. The minimum absolute atomic E-state index is 0.129. The van der Waals surface area contributed by atoms with Gasteiger partial charge in [-0.1, -0.05) is 30.3 Å². The number of ether oxygens (including phenoxy) is 2. The number of nitrogens with one attached hydrogen (secondary N) is 1. The van der Waals surface area contributed by atoms with Gasteiger partial charge < -0.3 is 24.3 Å². The molecule has 0 bridgehead atoms. The Morgan fingerprint density at radius 3 is 2.42 bits per heavy atom. The van der Waals surface area contributed by atoms with Crippen molar-refractivity contribution < 1.29 is 28.6 Å². The fourth-order valence-electron chi connectivity index (χ4n) is 3.43. The Bertz CT molecular complexity index is 1170. The summed E-state index contributed by atoms with van der Waals surface area (Å²) in [5, 5.41) is 12.6. The minimum atomic E-state index is -1.16. The molecule has 0 saturated carbocycles. The van der Waals surface area contributed by atoms with E-state index in [-0.39, 0.29) is 29.7 Å². The van der Waals surface area contributed by atoms with E-state index in [4.69, 9.17) is 13.9 Å². The fraction of sp³-hybridized carbons (Fsp3) is 0.261. The molecular formula is C23H23NO7. The Balaban J connectivity index is 1.87. The maximum Gasteiger partial charge on any atom is 0.340 e. The van der Waals surface area contributed by atoms with Gasteiger partial charge in [0.2, 0.25) is 11.7 Å². The van der Waals surface area contributed by atoms with Crippen LogP contribution in [0.4, 0.5) is 0 Å². The summed E-state index contributed by atoms with van der Waals surface area (Å²) in [7, 11) is 2.91.